The highest BCUT2D eigenvalue weighted by molar-refractivity contribution is 5.19. The Hall–Kier alpha value is -0.960. The zero-order chi connectivity index (χ0) is 9.19. The summed E-state index contributed by atoms with van der Waals surface area (Å²) in [5.74, 6) is 0. The van der Waals surface area contributed by atoms with E-state index in [1.807, 2.05) is 0 Å². The van der Waals surface area contributed by atoms with Gasteiger partial charge in [0.15, 0.2) is 0 Å². The van der Waals surface area contributed by atoms with E-state index in [1.165, 1.54) is 13.8 Å². The fourth-order valence-electron chi connectivity index (χ4n) is 0.926. The van der Waals surface area contributed by atoms with Crippen molar-refractivity contribution in [3.05, 3.63) is 29.6 Å². The van der Waals surface area contributed by atoms with Gasteiger partial charge in [0, 0.05) is 12.7 Å². The number of pyridine rings is 1. The molecule has 2 nitrogen and oxygen atoms in total. The fourth-order valence-corrected chi connectivity index (χ4v) is 0.926. The average molecular weight is 168 g/mol. The number of aromatic nitrogens is 1. The zero-order valence-corrected chi connectivity index (χ0v) is 7.34. The molecule has 0 fully saturated rings. The van der Waals surface area contributed by atoms with Crippen LogP contribution in [0.5, 0.6) is 0 Å². The smallest absolute Gasteiger partial charge is 0.147 e. The van der Waals surface area contributed by atoms with Crippen LogP contribution in [-0.4, -0.2) is 4.98 Å². The number of rotatable bonds is 2. The van der Waals surface area contributed by atoms with E-state index in [-0.39, 0.29) is 0 Å². The van der Waals surface area contributed by atoms with Crippen molar-refractivity contribution < 1.29 is 4.39 Å². The molecule has 0 aromatic carbocycles. The van der Waals surface area contributed by atoms with Gasteiger partial charge in [-0.3, -0.25) is 4.98 Å². The number of nitrogens with two attached hydrogens (primary N) is 1. The van der Waals surface area contributed by atoms with Crippen molar-refractivity contribution in [2.24, 2.45) is 5.73 Å². The van der Waals surface area contributed by atoms with E-state index in [0.29, 0.717) is 12.2 Å². The molecule has 1 aromatic rings. The maximum atomic E-state index is 13.3. The lowest BCUT2D eigenvalue weighted by Gasteiger charge is -2.13. The largest absolute Gasteiger partial charge is 0.326 e. The molecular weight excluding hydrogens is 155 g/mol. The van der Waals surface area contributed by atoms with Crippen LogP contribution >= 0.6 is 0 Å². The molecule has 1 heterocycles. The Kier molecular flexibility index (Phi) is 2.43. The molecule has 0 radical (unpaired) electrons. The van der Waals surface area contributed by atoms with Gasteiger partial charge in [-0.25, -0.2) is 4.39 Å². The summed E-state index contributed by atoms with van der Waals surface area (Å²) >= 11 is 0. The third-order valence-corrected chi connectivity index (χ3v) is 1.67. The number of halogens is 1. The summed E-state index contributed by atoms with van der Waals surface area (Å²) in [5, 5.41) is 0. The highest BCUT2D eigenvalue weighted by Gasteiger charge is 2.20. The first-order valence-electron chi connectivity index (χ1n) is 3.88. The molecule has 2 N–H and O–H groups in total. The van der Waals surface area contributed by atoms with Crippen LogP contribution in [0.1, 0.15) is 25.1 Å². The summed E-state index contributed by atoms with van der Waals surface area (Å²) < 4.78 is 13.3. The van der Waals surface area contributed by atoms with Gasteiger partial charge in [0.25, 0.3) is 0 Å². The molecule has 1 rings (SSSR count). The van der Waals surface area contributed by atoms with Gasteiger partial charge in [-0.15, -0.1) is 0 Å². The average Bonchev–Trinajstić information content (AvgIpc) is 2.03. The molecular formula is C9H13FN2. The van der Waals surface area contributed by atoms with Gasteiger partial charge in [0.1, 0.15) is 5.67 Å². The first-order chi connectivity index (χ1) is 5.54. The van der Waals surface area contributed by atoms with Crippen LogP contribution in [0.25, 0.3) is 0 Å². The molecule has 0 aliphatic rings. The third-order valence-electron chi connectivity index (χ3n) is 1.67. The molecule has 0 bridgehead atoms. The first kappa shape index (κ1) is 9.13. The minimum Gasteiger partial charge on any atom is -0.326 e. The Morgan fingerprint density at radius 2 is 2.25 bits per heavy atom. The van der Waals surface area contributed by atoms with Crippen LogP contribution in [0.3, 0.4) is 0 Å². The van der Waals surface area contributed by atoms with E-state index in [2.05, 4.69) is 4.98 Å². The fraction of sp³-hybridized carbons (Fsp3) is 0.444. The van der Waals surface area contributed by atoms with Crippen molar-refractivity contribution in [1.29, 1.82) is 0 Å². The van der Waals surface area contributed by atoms with Crippen LogP contribution in [0.4, 0.5) is 4.39 Å². The zero-order valence-electron chi connectivity index (χ0n) is 7.34. The topological polar surface area (TPSA) is 38.9 Å². The van der Waals surface area contributed by atoms with Crippen molar-refractivity contribution in [2.75, 3.05) is 0 Å². The Balaban J connectivity index is 3.02. The molecule has 0 unspecified atom stereocenters. The molecule has 1 aromatic heterocycles. The van der Waals surface area contributed by atoms with Crippen LogP contribution in [0.15, 0.2) is 18.3 Å². The Morgan fingerprint density at radius 3 is 2.75 bits per heavy atom. The van der Waals surface area contributed by atoms with Gasteiger partial charge in [-0.2, -0.15) is 0 Å². The highest BCUT2D eigenvalue weighted by Crippen LogP contribution is 2.22. The number of hydrogen-bond acceptors (Lipinski definition) is 2. The van der Waals surface area contributed by atoms with E-state index in [9.17, 15) is 4.39 Å². The second-order valence-electron chi connectivity index (χ2n) is 3.23. The second-order valence-corrected chi connectivity index (χ2v) is 3.23. The lowest BCUT2D eigenvalue weighted by atomic mass is 10.0. The van der Waals surface area contributed by atoms with E-state index in [4.69, 9.17) is 5.73 Å². The molecule has 66 valence electrons. The summed E-state index contributed by atoms with van der Waals surface area (Å²) in [6.07, 6.45) is 1.58. The molecule has 0 spiro atoms. The standard InChI is InChI=1S/C9H13FN2/c1-9(2,10)8-5-7(6-11)3-4-12-8/h3-5H,6,11H2,1-2H3. The molecule has 3 heteroatoms. The first-order valence-corrected chi connectivity index (χ1v) is 3.88. The summed E-state index contributed by atoms with van der Waals surface area (Å²) in [7, 11) is 0. The van der Waals surface area contributed by atoms with Crippen molar-refractivity contribution in [3.8, 4) is 0 Å². The number of alkyl halides is 1. The SMILES string of the molecule is CC(C)(F)c1cc(CN)ccn1. The van der Waals surface area contributed by atoms with Crippen LogP contribution < -0.4 is 5.73 Å². The van der Waals surface area contributed by atoms with E-state index >= 15 is 0 Å². The van der Waals surface area contributed by atoms with Gasteiger partial charge in [0.2, 0.25) is 0 Å². The summed E-state index contributed by atoms with van der Waals surface area (Å²) in [6, 6.07) is 3.48. The molecule has 0 atom stereocenters. The Labute approximate surface area is 71.6 Å². The van der Waals surface area contributed by atoms with Gasteiger partial charge in [0.05, 0.1) is 5.69 Å². The molecule has 0 aliphatic carbocycles. The number of hydrogen-bond donors (Lipinski definition) is 1. The second kappa shape index (κ2) is 3.19. The van der Waals surface area contributed by atoms with Crippen molar-refractivity contribution in [3.63, 3.8) is 0 Å². The monoisotopic (exact) mass is 168 g/mol. The summed E-state index contributed by atoms with van der Waals surface area (Å²) in [4.78, 5) is 3.93. The summed E-state index contributed by atoms with van der Waals surface area (Å²) in [6.45, 7) is 3.39. The molecule has 12 heavy (non-hydrogen) atoms. The van der Waals surface area contributed by atoms with Crippen molar-refractivity contribution >= 4 is 0 Å². The Morgan fingerprint density at radius 1 is 1.58 bits per heavy atom. The molecule has 0 amide bonds. The lowest BCUT2D eigenvalue weighted by molar-refractivity contribution is 0.214. The highest BCUT2D eigenvalue weighted by atomic mass is 19.1. The van der Waals surface area contributed by atoms with Gasteiger partial charge in [-0.05, 0) is 31.5 Å². The minimum absolute atomic E-state index is 0.422. The van der Waals surface area contributed by atoms with Crippen LogP contribution in [-0.2, 0) is 12.2 Å². The van der Waals surface area contributed by atoms with Crippen LogP contribution in [0.2, 0.25) is 0 Å². The van der Waals surface area contributed by atoms with Gasteiger partial charge >= 0.3 is 0 Å². The Bertz CT molecular complexity index is 265. The van der Waals surface area contributed by atoms with E-state index in [1.54, 1.807) is 18.3 Å². The molecule has 0 aliphatic heterocycles. The van der Waals surface area contributed by atoms with Gasteiger partial charge < -0.3 is 5.73 Å². The number of nitrogens with zero attached hydrogens (tertiary/aromatic N) is 1. The molecule has 0 saturated heterocycles. The maximum absolute atomic E-state index is 13.3. The normalized spacial score (nSPS) is 11.7. The predicted octanol–water partition coefficient (Wildman–Crippen LogP) is 1.74. The van der Waals surface area contributed by atoms with E-state index in [0.717, 1.165) is 5.56 Å². The van der Waals surface area contributed by atoms with E-state index < -0.39 is 5.67 Å². The predicted molar refractivity (Wildman–Crippen MR) is 46.3 cm³/mol. The maximum Gasteiger partial charge on any atom is 0.147 e. The van der Waals surface area contributed by atoms with Gasteiger partial charge in [-0.1, -0.05) is 0 Å². The summed E-state index contributed by atoms with van der Waals surface area (Å²) in [5.41, 5.74) is 5.37. The third kappa shape index (κ3) is 2.01. The van der Waals surface area contributed by atoms with Crippen molar-refractivity contribution in [2.45, 2.75) is 26.1 Å². The lowest BCUT2D eigenvalue weighted by Crippen LogP contribution is -2.12. The molecule has 0 saturated carbocycles. The van der Waals surface area contributed by atoms with Crippen LogP contribution in [0, 0.1) is 0 Å². The quantitative estimate of drug-likeness (QED) is 0.730. The minimum atomic E-state index is -1.38. The van der Waals surface area contributed by atoms with Crippen molar-refractivity contribution in [1.82, 2.24) is 4.98 Å².